The molecule has 13 heavy (non-hydrogen) atoms. The van der Waals surface area contributed by atoms with Gasteiger partial charge in [0.2, 0.25) is 0 Å². The van der Waals surface area contributed by atoms with Crippen LogP contribution in [0.2, 0.25) is 18.1 Å². The molecular formula is C10H21NOSi. The summed E-state index contributed by atoms with van der Waals surface area (Å²) in [4.78, 5) is 0. The SMILES string of the molecule is CC[Si](CC)(CCCCC#N)OC. The Morgan fingerprint density at radius 1 is 1.23 bits per heavy atom. The Hall–Kier alpha value is -0.333. The van der Waals surface area contributed by atoms with Gasteiger partial charge in [-0.2, -0.15) is 5.26 Å². The van der Waals surface area contributed by atoms with Crippen LogP contribution in [-0.4, -0.2) is 15.4 Å². The molecule has 0 aliphatic heterocycles. The Bertz CT molecular complexity index is 153. The third kappa shape index (κ3) is 4.44. The van der Waals surface area contributed by atoms with E-state index in [0.29, 0.717) is 6.42 Å². The van der Waals surface area contributed by atoms with Crippen molar-refractivity contribution in [3.8, 4) is 6.07 Å². The lowest BCUT2D eigenvalue weighted by Crippen LogP contribution is -2.34. The van der Waals surface area contributed by atoms with Crippen LogP contribution in [-0.2, 0) is 4.43 Å². The average Bonchev–Trinajstić information content (AvgIpc) is 2.20. The molecule has 2 nitrogen and oxygen atoms in total. The highest BCUT2D eigenvalue weighted by Crippen LogP contribution is 2.23. The van der Waals surface area contributed by atoms with Crippen LogP contribution in [0.15, 0.2) is 0 Å². The molecule has 0 aromatic carbocycles. The van der Waals surface area contributed by atoms with Gasteiger partial charge < -0.3 is 4.43 Å². The van der Waals surface area contributed by atoms with Crippen molar-refractivity contribution in [2.75, 3.05) is 7.11 Å². The minimum atomic E-state index is -1.38. The number of unbranched alkanes of at least 4 members (excludes halogenated alkanes) is 2. The molecule has 0 atom stereocenters. The number of nitrogens with zero attached hydrogens (tertiary/aromatic N) is 1. The third-order valence-corrected chi connectivity index (χ3v) is 7.60. The zero-order valence-corrected chi connectivity index (χ0v) is 10.1. The van der Waals surface area contributed by atoms with E-state index in [4.69, 9.17) is 9.69 Å². The van der Waals surface area contributed by atoms with E-state index in [1.165, 1.54) is 18.1 Å². The van der Waals surface area contributed by atoms with E-state index < -0.39 is 8.32 Å². The lowest BCUT2D eigenvalue weighted by Gasteiger charge is -2.26. The molecule has 0 bridgehead atoms. The Labute approximate surface area is 83.0 Å². The molecule has 0 aromatic rings. The maximum Gasteiger partial charge on any atom is 0.191 e. The van der Waals surface area contributed by atoms with Crippen molar-refractivity contribution < 1.29 is 4.43 Å². The molecule has 0 fully saturated rings. The van der Waals surface area contributed by atoms with Gasteiger partial charge in [-0.1, -0.05) is 20.3 Å². The molecule has 0 heterocycles. The summed E-state index contributed by atoms with van der Waals surface area (Å²) in [7, 11) is 0.474. The van der Waals surface area contributed by atoms with Crippen LogP contribution in [0.25, 0.3) is 0 Å². The first-order valence-corrected chi connectivity index (χ1v) is 7.69. The van der Waals surface area contributed by atoms with Crippen LogP contribution < -0.4 is 0 Å². The van der Waals surface area contributed by atoms with E-state index in [0.717, 1.165) is 12.8 Å². The van der Waals surface area contributed by atoms with Crippen molar-refractivity contribution in [1.29, 1.82) is 5.26 Å². The second kappa shape index (κ2) is 7.11. The van der Waals surface area contributed by atoms with Gasteiger partial charge in [0.05, 0.1) is 6.07 Å². The fourth-order valence-corrected chi connectivity index (χ4v) is 4.53. The van der Waals surface area contributed by atoms with Gasteiger partial charge in [-0.3, -0.25) is 0 Å². The highest BCUT2D eigenvalue weighted by Gasteiger charge is 2.28. The normalized spacial score (nSPS) is 11.2. The third-order valence-electron chi connectivity index (χ3n) is 2.89. The second-order valence-electron chi connectivity index (χ2n) is 3.46. The first-order valence-electron chi connectivity index (χ1n) is 5.16. The molecule has 0 unspecified atom stereocenters. The minimum Gasteiger partial charge on any atom is -0.420 e. The predicted molar refractivity (Wildman–Crippen MR) is 58.0 cm³/mol. The highest BCUT2D eigenvalue weighted by molar-refractivity contribution is 6.73. The number of hydrogen-bond donors (Lipinski definition) is 0. The van der Waals surface area contributed by atoms with Gasteiger partial charge in [0.25, 0.3) is 0 Å². The number of hydrogen-bond acceptors (Lipinski definition) is 2. The molecule has 0 spiro atoms. The van der Waals surface area contributed by atoms with Crippen molar-refractivity contribution in [2.24, 2.45) is 0 Å². The molecule has 0 aliphatic carbocycles. The zero-order chi connectivity index (χ0) is 10.2. The van der Waals surface area contributed by atoms with Crippen LogP contribution >= 0.6 is 0 Å². The summed E-state index contributed by atoms with van der Waals surface area (Å²) >= 11 is 0. The summed E-state index contributed by atoms with van der Waals surface area (Å²) in [5, 5.41) is 8.40. The lowest BCUT2D eigenvalue weighted by molar-refractivity contribution is 0.389. The van der Waals surface area contributed by atoms with E-state index in [-0.39, 0.29) is 0 Å². The molecule has 3 heteroatoms. The summed E-state index contributed by atoms with van der Waals surface area (Å²) < 4.78 is 5.67. The van der Waals surface area contributed by atoms with Crippen molar-refractivity contribution in [1.82, 2.24) is 0 Å². The van der Waals surface area contributed by atoms with Crippen LogP contribution in [0.4, 0.5) is 0 Å². The molecule has 0 aromatic heterocycles. The predicted octanol–water partition coefficient (Wildman–Crippen LogP) is 3.31. The van der Waals surface area contributed by atoms with Gasteiger partial charge in [0, 0.05) is 13.5 Å². The Kier molecular flexibility index (Phi) is 6.92. The first kappa shape index (κ1) is 12.7. The van der Waals surface area contributed by atoms with Crippen molar-refractivity contribution in [3.05, 3.63) is 0 Å². The van der Waals surface area contributed by atoms with Gasteiger partial charge in [-0.05, 0) is 24.6 Å². The topological polar surface area (TPSA) is 33.0 Å². The smallest absolute Gasteiger partial charge is 0.191 e. The second-order valence-corrected chi connectivity index (χ2v) is 8.15. The van der Waals surface area contributed by atoms with Gasteiger partial charge in [0.1, 0.15) is 0 Å². The molecule has 0 rings (SSSR count). The van der Waals surface area contributed by atoms with Gasteiger partial charge in [-0.15, -0.1) is 0 Å². The Morgan fingerprint density at radius 3 is 2.23 bits per heavy atom. The van der Waals surface area contributed by atoms with Gasteiger partial charge in [-0.25, -0.2) is 0 Å². The Morgan fingerprint density at radius 2 is 1.85 bits per heavy atom. The summed E-state index contributed by atoms with van der Waals surface area (Å²) in [5.41, 5.74) is 0. The van der Waals surface area contributed by atoms with Crippen LogP contribution in [0, 0.1) is 11.3 Å². The number of nitriles is 1. The summed E-state index contributed by atoms with van der Waals surface area (Å²) in [6, 6.07) is 5.80. The van der Waals surface area contributed by atoms with E-state index in [9.17, 15) is 0 Å². The van der Waals surface area contributed by atoms with E-state index in [1.54, 1.807) is 0 Å². The summed E-state index contributed by atoms with van der Waals surface area (Å²) in [5.74, 6) is 0. The first-order chi connectivity index (χ1) is 6.24. The largest absolute Gasteiger partial charge is 0.420 e. The lowest BCUT2D eigenvalue weighted by atomic mass is 10.3. The van der Waals surface area contributed by atoms with Crippen molar-refractivity contribution in [3.63, 3.8) is 0 Å². The Balaban J connectivity index is 3.76. The molecule has 0 aliphatic rings. The molecule has 0 saturated carbocycles. The molecular weight excluding hydrogens is 178 g/mol. The molecule has 0 amide bonds. The van der Waals surface area contributed by atoms with E-state index in [2.05, 4.69) is 19.9 Å². The van der Waals surface area contributed by atoms with Crippen molar-refractivity contribution >= 4 is 8.32 Å². The maximum atomic E-state index is 8.40. The van der Waals surface area contributed by atoms with Gasteiger partial charge in [0.15, 0.2) is 8.32 Å². The maximum absolute atomic E-state index is 8.40. The molecule has 76 valence electrons. The molecule has 0 saturated heterocycles. The van der Waals surface area contributed by atoms with Crippen molar-refractivity contribution in [2.45, 2.75) is 51.2 Å². The minimum absolute atomic E-state index is 0.696. The van der Waals surface area contributed by atoms with Crippen LogP contribution in [0.3, 0.4) is 0 Å². The fourth-order valence-electron chi connectivity index (χ4n) is 1.65. The van der Waals surface area contributed by atoms with Crippen LogP contribution in [0.5, 0.6) is 0 Å². The highest BCUT2D eigenvalue weighted by atomic mass is 28.4. The fraction of sp³-hybridized carbons (Fsp3) is 0.900. The summed E-state index contributed by atoms with van der Waals surface area (Å²) in [6.45, 7) is 4.45. The monoisotopic (exact) mass is 199 g/mol. The molecule has 0 N–H and O–H groups in total. The zero-order valence-electron chi connectivity index (χ0n) is 9.10. The summed E-state index contributed by atoms with van der Waals surface area (Å²) in [6.07, 6.45) is 2.89. The average molecular weight is 199 g/mol. The van der Waals surface area contributed by atoms with Crippen LogP contribution in [0.1, 0.15) is 33.1 Å². The van der Waals surface area contributed by atoms with Gasteiger partial charge >= 0.3 is 0 Å². The van der Waals surface area contributed by atoms with E-state index >= 15 is 0 Å². The number of rotatable bonds is 7. The standard InChI is InChI=1S/C10H21NOSi/c1-4-13(5-2,12-3)10-8-6-7-9-11/h4-8,10H2,1-3H3. The molecule has 0 radical (unpaired) electrons. The van der Waals surface area contributed by atoms with E-state index in [1.807, 2.05) is 7.11 Å². The quantitative estimate of drug-likeness (QED) is 0.465.